The van der Waals surface area contributed by atoms with E-state index in [-0.39, 0.29) is 6.10 Å². The average Bonchev–Trinajstić information content (AvgIpc) is 2.48. The van der Waals surface area contributed by atoms with Crippen LogP contribution in [0.15, 0.2) is 24.3 Å². The van der Waals surface area contributed by atoms with Gasteiger partial charge in [0.1, 0.15) is 0 Å². The average molecular weight is 276 g/mol. The van der Waals surface area contributed by atoms with E-state index in [9.17, 15) is 5.11 Å². The zero-order valence-corrected chi connectivity index (χ0v) is 13.0. The molecule has 2 rings (SSSR count). The molecule has 0 radical (unpaired) electrons. The van der Waals surface area contributed by atoms with E-state index in [1.807, 2.05) is 0 Å². The van der Waals surface area contributed by atoms with Crippen molar-refractivity contribution >= 4 is 0 Å². The van der Waals surface area contributed by atoms with Gasteiger partial charge in [0.25, 0.3) is 0 Å². The van der Waals surface area contributed by atoms with Crippen LogP contribution in [-0.2, 0) is 6.42 Å². The quantitative estimate of drug-likeness (QED) is 0.894. The van der Waals surface area contributed by atoms with Gasteiger partial charge < -0.3 is 14.9 Å². The summed E-state index contributed by atoms with van der Waals surface area (Å²) in [5.74, 6) is 0. The van der Waals surface area contributed by atoms with Crippen molar-refractivity contribution in [3.8, 4) is 0 Å². The van der Waals surface area contributed by atoms with E-state index in [1.54, 1.807) is 0 Å². The molecule has 0 saturated carbocycles. The van der Waals surface area contributed by atoms with E-state index in [1.165, 1.54) is 18.4 Å². The van der Waals surface area contributed by atoms with Gasteiger partial charge in [0.15, 0.2) is 0 Å². The molecule has 1 heterocycles. The van der Waals surface area contributed by atoms with Crippen LogP contribution < -0.4 is 0 Å². The van der Waals surface area contributed by atoms with Crippen LogP contribution in [0, 0.1) is 0 Å². The summed E-state index contributed by atoms with van der Waals surface area (Å²) in [4.78, 5) is 4.70. The maximum Gasteiger partial charge on any atom is 0.0916 e. The Morgan fingerprint density at radius 2 is 1.85 bits per heavy atom. The molecule has 112 valence electrons. The molecule has 1 unspecified atom stereocenters. The number of piperidine rings is 1. The molecule has 1 aromatic rings. The van der Waals surface area contributed by atoms with Gasteiger partial charge in [0.2, 0.25) is 0 Å². The summed E-state index contributed by atoms with van der Waals surface area (Å²) in [6.07, 6.45) is 3.07. The van der Waals surface area contributed by atoms with Crippen LogP contribution in [0.1, 0.15) is 37.0 Å². The molecule has 1 N–H and O–H groups in total. The van der Waals surface area contributed by atoms with Gasteiger partial charge in [-0.3, -0.25) is 0 Å². The molecule has 0 spiro atoms. The van der Waals surface area contributed by atoms with E-state index in [0.717, 1.165) is 31.6 Å². The molecule has 1 atom stereocenters. The van der Waals surface area contributed by atoms with E-state index in [2.05, 4.69) is 55.1 Å². The molecule has 1 aromatic carbocycles. The van der Waals surface area contributed by atoms with Crippen LogP contribution in [0.4, 0.5) is 0 Å². The highest BCUT2D eigenvalue weighted by molar-refractivity contribution is 5.24. The normalized spacial score (nSPS) is 19.4. The van der Waals surface area contributed by atoms with Gasteiger partial charge in [-0.2, -0.15) is 0 Å². The molecule has 1 fully saturated rings. The number of likely N-dealkylation sites (N-methyl/N-ethyl adjacent to an activating group) is 1. The molecule has 3 nitrogen and oxygen atoms in total. The number of nitrogens with zero attached hydrogens (tertiary/aromatic N) is 2. The molecule has 0 bridgehead atoms. The lowest BCUT2D eigenvalue weighted by Crippen LogP contribution is -2.43. The summed E-state index contributed by atoms with van der Waals surface area (Å²) in [6.45, 7) is 5.20. The Morgan fingerprint density at radius 1 is 1.25 bits per heavy atom. The fourth-order valence-corrected chi connectivity index (χ4v) is 2.94. The van der Waals surface area contributed by atoms with Gasteiger partial charge in [-0.15, -0.1) is 0 Å². The molecule has 1 aliphatic rings. The van der Waals surface area contributed by atoms with Crippen molar-refractivity contribution in [3.63, 3.8) is 0 Å². The minimum absolute atomic E-state index is 0.384. The highest BCUT2D eigenvalue weighted by Gasteiger charge is 2.22. The zero-order valence-electron chi connectivity index (χ0n) is 13.0. The lowest BCUT2D eigenvalue weighted by molar-refractivity contribution is 0.0789. The van der Waals surface area contributed by atoms with Crippen LogP contribution in [0.25, 0.3) is 0 Å². The summed E-state index contributed by atoms with van der Waals surface area (Å²) < 4.78 is 0. The SMILES string of the molecule is CCc1ccc(C(O)CN(C)C2CCN(C)CC2)cc1. The summed E-state index contributed by atoms with van der Waals surface area (Å²) in [5, 5.41) is 10.4. The smallest absolute Gasteiger partial charge is 0.0916 e. The molecule has 1 aliphatic heterocycles. The third kappa shape index (κ3) is 4.05. The van der Waals surface area contributed by atoms with Crippen molar-refractivity contribution in [1.29, 1.82) is 0 Å². The molecule has 20 heavy (non-hydrogen) atoms. The molecular weight excluding hydrogens is 248 g/mol. The van der Waals surface area contributed by atoms with Gasteiger partial charge in [-0.25, -0.2) is 0 Å². The van der Waals surface area contributed by atoms with Crippen LogP contribution >= 0.6 is 0 Å². The number of hydrogen-bond acceptors (Lipinski definition) is 3. The molecule has 3 heteroatoms. The Labute approximate surface area is 123 Å². The fourth-order valence-electron chi connectivity index (χ4n) is 2.94. The van der Waals surface area contributed by atoms with Gasteiger partial charge in [0, 0.05) is 12.6 Å². The second kappa shape index (κ2) is 7.21. The number of benzene rings is 1. The largest absolute Gasteiger partial charge is 0.387 e. The number of aryl methyl sites for hydroxylation is 1. The molecule has 0 aromatic heterocycles. The van der Waals surface area contributed by atoms with Crippen LogP contribution in [0.5, 0.6) is 0 Å². The van der Waals surface area contributed by atoms with Crippen molar-refractivity contribution in [2.45, 2.75) is 38.3 Å². The number of likely N-dealkylation sites (tertiary alicyclic amines) is 1. The third-order valence-electron chi connectivity index (χ3n) is 4.55. The molecule has 1 saturated heterocycles. The predicted molar refractivity (Wildman–Crippen MR) is 83.9 cm³/mol. The Balaban J connectivity index is 1.87. The first kappa shape index (κ1) is 15.5. The first-order valence-electron chi connectivity index (χ1n) is 7.75. The number of rotatable bonds is 5. The summed E-state index contributed by atoms with van der Waals surface area (Å²) in [5.41, 5.74) is 2.35. The summed E-state index contributed by atoms with van der Waals surface area (Å²) in [6, 6.07) is 8.97. The Kier molecular flexibility index (Phi) is 5.58. The Hall–Kier alpha value is -0.900. The number of aliphatic hydroxyl groups is 1. The number of aliphatic hydroxyl groups excluding tert-OH is 1. The van der Waals surface area contributed by atoms with E-state index >= 15 is 0 Å². The van der Waals surface area contributed by atoms with Gasteiger partial charge >= 0.3 is 0 Å². The fraction of sp³-hybridized carbons (Fsp3) is 0.647. The zero-order chi connectivity index (χ0) is 14.5. The van der Waals surface area contributed by atoms with Gasteiger partial charge in [0.05, 0.1) is 6.10 Å². The van der Waals surface area contributed by atoms with Gasteiger partial charge in [-0.1, -0.05) is 31.2 Å². The lowest BCUT2D eigenvalue weighted by Gasteiger charge is -2.36. The third-order valence-corrected chi connectivity index (χ3v) is 4.55. The standard InChI is InChI=1S/C17H28N2O/c1-4-14-5-7-15(8-6-14)17(20)13-19(3)16-9-11-18(2)12-10-16/h5-8,16-17,20H,4,9-13H2,1-3H3. The van der Waals surface area contributed by atoms with Crippen LogP contribution in [-0.4, -0.2) is 54.7 Å². The first-order chi connectivity index (χ1) is 9.60. The van der Waals surface area contributed by atoms with Crippen molar-refractivity contribution in [1.82, 2.24) is 9.80 Å². The maximum atomic E-state index is 10.4. The summed E-state index contributed by atoms with van der Waals surface area (Å²) >= 11 is 0. The Bertz CT molecular complexity index is 396. The van der Waals surface area contributed by atoms with Crippen LogP contribution in [0.2, 0.25) is 0 Å². The highest BCUT2D eigenvalue weighted by Crippen LogP contribution is 2.19. The summed E-state index contributed by atoms with van der Waals surface area (Å²) in [7, 11) is 4.32. The predicted octanol–water partition coefficient (Wildman–Crippen LogP) is 2.31. The van der Waals surface area contributed by atoms with Crippen molar-refractivity contribution in [2.24, 2.45) is 0 Å². The molecule has 0 aliphatic carbocycles. The van der Waals surface area contributed by atoms with Crippen molar-refractivity contribution in [3.05, 3.63) is 35.4 Å². The minimum Gasteiger partial charge on any atom is -0.387 e. The maximum absolute atomic E-state index is 10.4. The Morgan fingerprint density at radius 3 is 2.40 bits per heavy atom. The molecular formula is C17H28N2O. The van der Waals surface area contributed by atoms with E-state index in [0.29, 0.717) is 6.04 Å². The molecule has 0 amide bonds. The van der Waals surface area contributed by atoms with E-state index in [4.69, 9.17) is 0 Å². The van der Waals surface area contributed by atoms with Crippen molar-refractivity contribution < 1.29 is 5.11 Å². The van der Waals surface area contributed by atoms with Crippen molar-refractivity contribution in [2.75, 3.05) is 33.7 Å². The second-order valence-electron chi connectivity index (χ2n) is 6.08. The lowest BCUT2D eigenvalue weighted by atomic mass is 10.0. The minimum atomic E-state index is -0.384. The monoisotopic (exact) mass is 276 g/mol. The first-order valence-corrected chi connectivity index (χ1v) is 7.75. The number of hydrogen-bond donors (Lipinski definition) is 1. The second-order valence-corrected chi connectivity index (χ2v) is 6.08. The highest BCUT2D eigenvalue weighted by atomic mass is 16.3. The topological polar surface area (TPSA) is 26.7 Å². The van der Waals surface area contributed by atoms with E-state index < -0.39 is 0 Å². The van der Waals surface area contributed by atoms with Gasteiger partial charge in [-0.05, 0) is 57.6 Å². The van der Waals surface area contributed by atoms with Crippen LogP contribution in [0.3, 0.4) is 0 Å².